The number of esters is 1. The van der Waals surface area contributed by atoms with Gasteiger partial charge in [-0.15, -0.1) is 0 Å². The highest BCUT2D eigenvalue weighted by Crippen LogP contribution is 2.34. The van der Waals surface area contributed by atoms with Crippen LogP contribution < -0.4 is 5.32 Å². The SMILES string of the molecule is COC(=O)C1CNc2ccc(C(F)(F)F)cc2C1. The summed E-state index contributed by atoms with van der Waals surface area (Å²) < 4.78 is 42.3. The van der Waals surface area contributed by atoms with E-state index < -0.39 is 23.6 Å². The minimum atomic E-state index is -4.37. The molecule has 0 saturated carbocycles. The molecule has 0 amide bonds. The number of nitrogens with one attached hydrogen (secondary N) is 1. The van der Waals surface area contributed by atoms with Gasteiger partial charge in [0.2, 0.25) is 0 Å². The van der Waals surface area contributed by atoms with Gasteiger partial charge in [-0.2, -0.15) is 13.2 Å². The number of rotatable bonds is 1. The van der Waals surface area contributed by atoms with Crippen molar-refractivity contribution in [2.24, 2.45) is 5.92 Å². The Morgan fingerprint density at radius 2 is 2.17 bits per heavy atom. The van der Waals surface area contributed by atoms with Crippen LogP contribution >= 0.6 is 0 Å². The van der Waals surface area contributed by atoms with E-state index in [0.29, 0.717) is 17.8 Å². The first kappa shape index (κ1) is 12.7. The van der Waals surface area contributed by atoms with Gasteiger partial charge in [0.05, 0.1) is 18.6 Å². The van der Waals surface area contributed by atoms with E-state index in [2.05, 4.69) is 10.1 Å². The molecule has 2 rings (SSSR count). The molecule has 0 fully saturated rings. The van der Waals surface area contributed by atoms with E-state index >= 15 is 0 Å². The van der Waals surface area contributed by atoms with Crippen LogP contribution in [0.25, 0.3) is 0 Å². The number of ether oxygens (including phenoxy) is 1. The van der Waals surface area contributed by atoms with E-state index in [1.54, 1.807) is 0 Å². The second-order valence-electron chi connectivity index (χ2n) is 4.17. The van der Waals surface area contributed by atoms with E-state index in [1.807, 2.05) is 0 Å². The average Bonchev–Trinajstić information content (AvgIpc) is 2.35. The first-order valence-corrected chi connectivity index (χ1v) is 5.43. The molecular formula is C12H12F3NO2. The summed E-state index contributed by atoms with van der Waals surface area (Å²) in [4.78, 5) is 11.4. The Hall–Kier alpha value is -1.72. The van der Waals surface area contributed by atoms with Gasteiger partial charge in [0.15, 0.2) is 0 Å². The van der Waals surface area contributed by atoms with Crippen molar-refractivity contribution < 1.29 is 22.7 Å². The van der Waals surface area contributed by atoms with Crippen molar-refractivity contribution in [2.75, 3.05) is 19.0 Å². The van der Waals surface area contributed by atoms with Crippen LogP contribution in [0.4, 0.5) is 18.9 Å². The van der Waals surface area contributed by atoms with Gasteiger partial charge in [-0.25, -0.2) is 0 Å². The third kappa shape index (κ3) is 2.42. The van der Waals surface area contributed by atoms with Crippen molar-refractivity contribution >= 4 is 11.7 Å². The number of carbonyl (C=O) groups excluding carboxylic acids is 1. The third-order valence-electron chi connectivity index (χ3n) is 2.97. The van der Waals surface area contributed by atoms with Crippen LogP contribution in [0.3, 0.4) is 0 Å². The largest absolute Gasteiger partial charge is 0.469 e. The van der Waals surface area contributed by atoms with Crippen molar-refractivity contribution in [2.45, 2.75) is 12.6 Å². The van der Waals surface area contributed by atoms with E-state index in [0.717, 1.165) is 12.1 Å². The molecule has 0 saturated heterocycles. The molecule has 3 nitrogen and oxygen atoms in total. The van der Waals surface area contributed by atoms with E-state index in [-0.39, 0.29) is 6.42 Å². The summed E-state index contributed by atoms with van der Waals surface area (Å²) in [6.07, 6.45) is -4.10. The topological polar surface area (TPSA) is 38.3 Å². The van der Waals surface area contributed by atoms with E-state index in [1.165, 1.54) is 13.2 Å². The Morgan fingerprint density at radius 3 is 2.78 bits per heavy atom. The normalized spacial score (nSPS) is 18.8. The van der Waals surface area contributed by atoms with Gasteiger partial charge in [-0.05, 0) is 30.2 Å². The van der Waals surface area contributed by atoms with Gasteiger partial charge < -0.3 is 10.1 Å². The summed E-state index contributed by atoms with van der Waals surface area (Å²) in [6, 6.07) is 3.51. The molecule has 0 aromatic heterocycles. The Kier molecular flexibility index (Phi) is 3.19. The van der Waals surface area contributed by atoms with Crippen molar-refractivity contribution in [3.05, 3.63) is 29.3 Å². The molecule has 1 aliphatic rings. The summed E-state index contributed by atoms with van der Waals surface area (Å²) >= 11 is 0. The lowest BCUT2D eigenvalue weighted by atomic mass is 9.92. The fourth-order valence-corrected chi connectivity index (χ4v) is 2.02. The van der Waals surface area contributed by atoms with Crippen molar-refractivity contribution in [3.63, 3.8) is 0 Å². The predicted octanol–water partition coefficient (Wildman–Crippen LogP) is 2.46. The minimum Gasteiger partial charge on any atom is -0.469 e. The smallest absolute Gasteiger partial charge is 0.416 e. The maximum atomic E-state index is 12.6. The Morgan fingerprint density at radius 1 is 1.44 bits per heavy atom. The monoisotopic (exact) mass is 259 g/mol. The maximum absolute atomic E-state index is 12.6. The van der Waals surface area contributed by atoms with Crippen LogP contribution in [0.5, 0.6) is 0 Å². The van der Waals surface area contributed by atoms with Gasteiger partial charge in [0.1, 0.15) is 0 Å². The summed E-state index contributed by atoms with van der Waals surface area (Å²) in [5.41, 5.74) is 0.434. The van der Waals surface area contributed by atoms with Gasteiger partial charge in [-0.3, -0.25) is 4.79 Å². The summed E-state index contributed by atoms with van der Waals surface area (Å²) in [6.45, 7) is 0.380. The Balaban J connectivity index is 2.27. The number of halogens is 3. The van der Waals surface area contributed by atoms with Crippen LogP contribution in [0, 0.1) is 5.92 Å². The molecule has 1 heterocycles. The van der Waals surface area contributed by atoms with Gasteiger partial charge in [-0.1, -0.05) is 0 Å². The number of hydrogen-bond donors (Lipinski definition) is 1. The second kappa shape index (κ2) is 4.51. The van der Waals surface area contributed by atoms with Crippen LogP contribution in [0.1, 0.15) is 11.1 Å². The molecule has 0 spiro atoms. The third-order valence-corrected chi connectivity index (χ3v) is 2.97. The molecular weight excluding hydrogens is 247 g/mol. The Bertz CT molecular complexity index is 471. The first-order chi connectivity index (χ1) is 8.41. The molecule has 0 aliphatic carbocycles. The number of fused-ring (bicyclic) bond motifs is 1. The minimum absolute atomic E-state index is 0.263. The van der Waals surface area contributed by atoms with Crippen LogP contribution in [-0.4, -0.2) is 19.6 Å². The quantitative estimate of drug-likeness (QED) is 0.787. The van der Waals surface area contributed by atoms with Crippen LogP contribution in [0.15, 0.2) is 18.2 Å². The molecule has 6 heteroatoms. The summed E-state index contributed by atoms with van der Waals surface area (Å²) in [5.74, 6) is -0.850. The molecule has 0 radical (unpaired) electrons. The number of anilines is 1. The number of benzene rings is 1. The van der Waals surface area contributed by atoms with E-state index in [9.17, 15) is 18.0 Å². The zero-order valence-electron chi connectivity index (χ0n) is 9.67. The molecule has 1 aromatic rings. The molecule has 1 aliphatic heterocycles. The number of alkyl halides is 3. The van der Waals surface area contributed by atoms with Crippen molar-refractivity contribution in [3.8, 4) is 0 Å². The molecule has 1 unspecified atom stereocenters. The maximum Gasteiger partial charge on any atom is 0.416 e. The van der Waals surface area contributed by atoms with E-state index in [4.69, 9.17) is 0 Å². The highest BCUT2D eigenvalue weighted by molar-refractivity contribution is 5.75. The lowest BCUT2D eigenvalue weighted by molar-refractivity contribution is -0.145. The average molecular weight is 259 g/mol. The molecule has 1 aromatic carbocycles. The van der Waals surface area contributed by atoms with Crippen molar-refractivity contribution in [1.82, 2.24) is 0 Å². The molecule has 1 N–H and O–H groups in total. The predicted molar refractivity (Wildman–Crippen MR) is 59.1 cm³/mol. The first-order valence-electron chi connectivity index (χ1n) is 5.43. The van der Waals surface area contributed by atoms with Crippen LogP contribution in [0.2, 0.25) is 0 Å². The van der Waals surface area contributed by atoms with Crippen LogP contribution in [-0.2, 0) is 22.1 Å². The van der Waals surface area contributed by atoms with Crippen molar-refractivity contribution in [1.29, 1.82) is 0 Å². The number of hydrogen-bond acceptors (Lipinski definition) is 3. The molecule has 98 valence electrons. The zero-order chi connectivity index (χ0) is 13.3. The fraction of sp³-hybridized carbons (Fsp3) is 0.417. The molecule has 0 bridgehead atoms. The lowest BCUT2D eigenvalue weighted by Gasteiger charge is -2.25. The standard InChI is InChI=1S/C12H12F3NO2/c1-18-11(17)8-4-7-5-9(12(13,14)15)2-3-10(7)16-6-8/h2-3,5,8,16H,4,6H2,1H3. The Labute approximate surface area is 102 Å². The zero-order valence-corrected chi connectivity index (χ0v) is 9.67. The van der Waals surface area contributed by atoms with Gasteiger partial charge >= 0.3 is 12.1 Å². The highest BCUT2D eigenvalue weighted by Gasteiger charge is 2.32. The summed E-state index contributed by atoms with van der Waals surface area (Å²) in [7, 11) is 1.27. The highest BCUT2D eigenvalue weighted by atomic mass is 19.4. The number of carbonyl (C=O) groups is 1. The molecule has 18 heavy (non-hydrogen) atoms. The summed E-state index contributed by atoms with van der Waals surface area (Å²) in [5, 5.41) is 2.94. The lowest BCUT2D eigenvalue weighted by Crippen LogP contribution is -2.30. The molecule has 1 atom stereocenters. The number of methoxy groups -OCH3 is 1. The van der Waals surface area contributed by atoms with Gasteiger partial charge in [0.25, 0.3) is 0 Å². The fourth-order valence-electron chi connectivity index (χ4n) is 2.02. The van der Waals surface area contributed by atoms with Gasteiger partial charge in [0, 0.05) is 12.2 Å². The second-order valence-corrected chi connectivity index (χ2v) is 4.17.